The van der Waals surface area contributed by atoms with E-state index < -0.39 is 0 Å². The largest absolute Gasteiger partial charge is 0.497 e. The molecule has 1 aromatic heterocycles. The third-order valence-electron chi connectivity index (χ3n) is 4.53. The first-order valence-corrected chi connectivity index (χ1v) is 9.04. The number of carbonyl (C=O) groups excluding carboxylic acids is 1. The van der Waals surface area contributed by atoms with E-state index in [0.29, 0.717) is 30.4 Å². The van der Waals surface area contributed by atoms with E-state index in [1.165, 1.54) is 0 Å². The number of aromatic nitrogens is 2. The SMILES string of the molecule is COc1ccc(NCc2cc3n(n2)CCN(c2ccc(Cl)cc2)C3=O)cc1. The van der Waals surface area contributed by atoms with Crippen molar-refractivity contribution in [2.75, 3.05) is 23.9 Å². The Kier molecular flexibility index (Phi) is 4.73. The van der Waals surface area contributed by atoms with E-state index in [2.05, 4.69) is 10.4 Å². The van der Waals surface area contributed by atoms with Crippen LogP contribution in [0.25, 0.3) is 0 Å². The highest BCUT2D eigenvalue weighted by Gasteiger charge is 2.27. The van der Waals surface area contributed by atoms with E-state index in [0.717, 1.165) is 22.8 Å². The fourth-order valence-corrected chi connectivity index (χ4v) is 3.23. The second kappa shape index (κ2) is 7.32. The Labute approximate surface area is 162 Å². The van der Waals surface area contributed by atoms with Crippen LogP contribution in [0.5, 0.6) is 5.75 Å². The number of methoxy groups -OCH3 is 1. The molecular formula is C20H19ClN4O2. The van der Waals surface area contributed by atoms with Gasteiger partial charge in [-0.05, 0) is 54.6 Å². The van der Waals surface area contributed by atoms with Gasteiger partial charge in [-0.3, -0.25) is 9.48 Å². The summed E-state index contributed by atoms with van der Waals surface area (Å²) in [6.07, 6.45) is 0. The van der Waals surface area contributed by atoms with Crippen molar-refractivity contribution in [2.24, 2.45) is 0 Å². The number of fused-ring (bicyclic) bond motifs is 1. The van der Waals surface area contributed by atoms with Crippen LogP contribution in [0.15, 0.2) is 54.6 Å². The minimum Gasteiger partial charge on any atom is -0.497 e. The van der Waals surface area contributed by atoms with Gasteiger partial charge in [0.1, 0.15) is 11.4 Å². The maximum atomic E-state index is 12.9. The quantitative estimate of drug-likeness (QED) is 0.728. The van der Waals surface area contributed by atoms with Crippen molar-refractivity contribution >= 4 is 28.9 Å². The van der Waals surface area contributed by atoms with E-state index in [4.69, 9.17) is 16.3 Å². The topological polar surface area (TPSA) is 59.4 Å². The number of hydrogen-bond donors (Lipinski definition) is 1. The zero-order valence-electron chi connectivity index (χ0n) is 14.9. The maximum Gasteiger partial charge on any atom is 0.276 e. The summed E-state index contributed by atoms with van der Waals surface area (Å²) in [6, 6.07) is 16.8. The van der Waals surface area contributed by atoms with Crippen LogP contribution in [0, 0.1) is 0 Å². The molecule has 1 amide bonds. The Bertz CT molecular complexity index is 951. The molecule has 1 N–H and O–H groups in total. The molecule has 6 nitrogen and oxygen atoms in total. The summed E-state index contributed by atoms with van der Waals surface area (Å²) in [5, 5.41) is 8.52. The lowest BCUT2D eigenvalue weighted by Gasteiger charge is -2.27. The number of nitrogens with zero attached hydrogens (tertiary/aromatic N) is 3. The van der Waals surface area contributed by atoms with Gasteiger partial charge in [0, 0.05) is 22.9 Å². The Morgan fingerprint density at radius 2 is 1.85 bits per heavy atom. The van der Waals surface area contributed by atoms with E-state index in [-0.39, 0.29) is 5.91 Å². The van der Waals surface area contributed by atoms with Crippen molar-refractivity contribution in [1.29, 1.82) is 0 Å². The standard InChI is InChI=1S/C20H19ClN4O2/c1-27-18-8-4-15(5-9-18)22-13-16-12-19-20(26)24(10-11-25(19)23-16)17-6-2-14(21)3-7-17/h2-9,12,22H,10-11,13H2,1H3. The minimum atomic E-state index is -0.0493. The van der Waals surface area contributed by atoms with Crippen molar-refractivity contribution in [3.05, 3.63) is 71.0 Å². The average Bonchev–Trinajstić information content (AvgIpc) is 3.12. The van der Waals surface area contributed by atoms with Crippen LogP contribution in [0.1, 0.15) is 16.2 Å². The van der Waals surface area contributed by atoms with Crippen LogP contribution in [-0.4, -0.2) is 29.3 Å². The summed E-state index contributed by atoms with van der Waals surface area (Å²) in [5.41, 5.74) is 3.24. The molecule has 0 fully saturated rings. The zero-order valence-corrected chi connectivity index (χ0v) is 15.6. The fourth-order valence-electron chi connectivity index (χ4n) is 3.10. The Hall–Kier alpha value is -2.99. The molecule has 2 aromatic carbocycles. The third-order valence-corrected chi connectivity index (χ3v) is 4.78. The molecule has 1 aliphatic heterocycles. The van der Waals surface area contributed by atoms with E-state index in [1.807, 2.05) is 42.5 Å². The van der Waals surface area contributed by atoms with Crippen molar-refractivity contribution in [3.63, 3.8) is 0 Å². The van der Waals surface area contributed by atoms with E-state index in [1.54, 1.807) is 28.8 Å². The Balaban J connectivity index is 1.47. The zero-order chi connectivity index (χ0) is 18.8. The number of nitrogens with one attached hydrogen (secondary N) is 1. The maximum absolute atomic E-state index is 12.9. The Morgan fingerprint density at radius 1 is 1.11 bits per heavy atom. The number of halogens is 1. The number of anilines is 2. The predicted octanol–water partition coefficient (Wildman–Crippen LogP) is 3.82. The summed E-state index contributed by atoms with van der Waals surface area (Å²) in [5.74, 6) is 0.762. The van der Waals surface area contributed by atoms with Crippen molar-refractivity contribution in [2.45, 2.75) is 13.1 Å². The number of ether oxygens (including phenoxy) is 1. The van der Waals surface area contributed by atoms with Gasteiger partial charge in [-0.15, -0.1) is 0 Å². The van der Waals surface area contributed by atoms with Gasteiger partial charge < -0.3 is 15.0 Å². The fraction of sp³-hybridized carbons (Fsp3) is 0.200. The lowest BCUT2D eigenvalue weighted by molar-refractivity contribution is 0.0962. The number of carbonyl (C=O) groups is 1. The Morgan fingerprint density at radius 3 is 2.56 bits per heavy atom. The van der Waals surface area contributed by atoms with Crippen molar-refractivity contribution in [3.8, 4) is 5.75 Å². The van der Waals surface area contributed by atoms with Crippen molar-refractivity contribution < 1.29 is 9.53 Å². The summed E-state index contributed by atoms with van der Waals surface area (Å²) < 4.78 is 6.94. The predicted molar refractivity (Wildman–Crippen MR) is 106 cm³/mol. The lowest BCUT2D eigenvalue weighted by atomic mass is 10.2. The van der Waals surface area contributed by atoms with E-state index in [9.17, 15) is 4.79 Å². The molecule has 3 aromatic rings. The lowest BCUT2D eigenvalue weighted by Crippen LogP contribution is -2.40. The van der Waals surface area contributed by atoms with Gasteiger partial charge in [0.15, 0.2) is 0 Å². The van der Waals surface area contributed by atoms with Crippen LogP contribution in [0.2, 0.25) is 5.02 Å². The molecule has 0 atom stereocenters. The van der Waals surface area contributed by atoms with Crippen LogP contribution < -0.4 is 15.0 Å². The van der Waals surface area contributed by atoms with Crippen LogP contribution in [-0.2, 0) is 13.1 Å². The smallest absolute Gasteiger partial charge is 0.276 e. The number of amides is 1. The van der Waals surface area contributed by atoms with Gasteiger partial charge >= 0.3 is 0 Å². The number of hydrogen-bond acceptors (Lipinski definition) is 4. The molecule has 1 aliphatic rings. The summed E-state index contributed by atoms with van der Waals surface area (Å²) in [6.45, 7) is 1.79. The third kappa shape index (κ3) is 3.61. The van der Waals surface area contributed by atoms with Gasteiger partial charge in [-0.2, -0.15) is 5.10 Å². The number of rotatable bonds is 5. The van der Waals surface area contributed by atoms with Gasteiger partial charge in [-0.25, -0.2) is 0 Å². The molecule has 0 saturated heterocycles. The molecule has 138 valence electrons. The normalized spacial score (nSPS) is 13.4. The summed E-state index contributed by atoms with van der Waals surface area (Å²) in [7, 11) is 1.64. The molecule has 0 bridgehead atoms. The molecule has 0 spiro atoms. The first-order valence-electron chi connectivity index (χ1n) is 8.66. The molecule has 4 rings (SSSR count). The second-order valence-electron chi connectivity index (χ2n) is 6.26. The second-order valence-corrected chi connectivity index (χ2v) is 6.70. The molecule has 27 heavy (non-hydrogen) atoms. The molecule has 2 heterocycles. The van der Waals surface area contributed by atoms with Gasteiger partial charge in [0.2, 0.25) is 0 Å². The monoisotopic (exact) mass is 382 g/mol. The first-order chi connectivity index (χ1) is 13.1. The van der Waals surface area contributed by atoms with Gasteiger partial charge in [0.25, 0.3) is 5.91 Å². The molecule has 0 unspecified atom stereocenters. The molecule has 0 saturated carbocycles. The first kappa shape index (κ1) is 17.4. The molecule has 0 aliphatic carbocycles. The molecular weight excluding hydrogens is 364 g/mol. The van der Waals surface area contributed by atoms with Crippen LogP contribution >= 0.6 is 11.6 Å². The highest BCUT2D eigenvalue weighted by Crippen LogP contribution is 2.23. The highest BCUT2D eigenvalue weighted by molar-refractivity contribution is 6.30. The van der Waals surface area contributed by atoms with E-state index >= 15 is 0 Å². The highest BCUT2D eigenvalue weighted by atomic mass is 35.5. The summed E-state index contributed by atoms with van der Waals surface area (Å²) >= 11 is 5.94. The van der Waals surface area contributed by atoms with Crippen molar-refractivity contribution in [1.82, 2.24) is 9.78 Å². The number of benzene rings is 2. The average molecular weight is 383 g/mol. The van der Waals surface area contributed by atoms with Gasteiger partial charge in [-0.1, -0.05) is 11.6 Å². The minimum absolute atomic E-state index is 0.0493. The summed E-state index contributed by atoms with van der Waals surface area (Å²) in [4.78, 5) is 14.6. The van der Waals surface area contributed by atoms with Gasteiger partial charge in [0.05, 0.1) is 25.9 Å². The van der Waals surface area contributed by atoms with Crippen LogP contribution in [0.4, 0.5) is 11.4 Å². The molecule has 7 heteroatoms. The van der Waals surface area contributed by atoms with Crippen LogP contribution in [0.3, 0.4) is 0 Å². The molecule has 0 radical (unpaired) electrons.